The number of thiophene rings is 1. The Hall–Kier alpha value is -2.85. The normalized spacial score (nSPS) is 18.9. The fraction of sp³-hybridized carbons (Fsp3) is 0.438. The summed E-state index contributed by atoms with van der Waals surface area (Å²) in [5, 5.41) is 5.95. The van der Waals surface area contributed by atoms with Gasteiger partial charge in [-0.05, 0) is 78.7 Å². The molecule has 2 aliphatic rings. The highest BCUT2D eigenvalue weighted by Gasteiger charge is 2.36. The molecule has 4 aromatic rings. The molecule has 2 fully saturated rings. The molecule has 9 heteroatoms. The fourth-order valence-corrected chi connectivity index (χ4v) is 8.73. The Labute approximate surface area is 247 Å². The first-order valence-corrected chi connectivity index (χ1v) is 17.3. The van der Waals surface area contributed by atoms with E-state index in [9.17, 15) is 8.42 Å². The third-order valence-electron chi connectivity index (χ3n) is 8.52. The number of unbranched alkanes of at least 4 members (excludes halogenated alkanes) is 1. The maximum atomic E-state index is 13.8. The van der Waals surface area contributed by atoms with Crippen LogP contribution in [0.5, 0.6) is 0 Å². The van der Waals surface area contributed by atoms with Crippen LogP contribution in [0.15, 0.2) is 70.5 Å². The molecule has 5 heterocycles. The van der Waals surface area contributed by atoms with Crippen LogP contribution in [-0.2, 0) is 16.4 Å². The Balaban J connectivity index is 1.09. The van der Waals surface area contributed by atoms with E-state index in [0.29, 0.717) is 11.4 Å². The molecule has 0 radical (unpaired) electrons. The summed E-state index contributed by atoms with van der Waals surface area (Å²) in [6.45, 7) is 7.49. The van der Waals surface area contributed by atoms with Gasteiger partial charge in [0, 0.05) is 67.6 Å². The van der Waals surface area contributed by atoms with Gasteiger partial charge in [0.15, 0.2) is 0 Å². The molecule has 0 amide bonds. The molecule has 0 aliphatic carbocycles. The second-order valence-corrected chi connectivity index (χ2v) is 13.8. The maximum absolute atomic E-state index is 13.8. The van der Waals surface area contributed by atoms with Gasteiger partial charge in [-0.1, -0.05) is 37.6 Å². The molecule has 216 valence electrons. The van der Waals surface area contributed by atoms with Crippen molar-refractivity contribution in [3.8, 4) is 11.1 Å². The van der Waals surface area contributed by atoms with Crippen LogP contribution in [0.1, 0.15) is 44.7 Å². The molecule has 41 heavy (non-hydrogen) atoms. The molecule has 0 N–H and O–H groups in total. The molecule has 0 saturated carbocycles. The van der Waals surface area contributed by atoms with E-state index in [1.54, 1.807) is 21.8 Å². The molecular weight excluding hydrogens is 551 g/mol. The van der Waals surface area contributed by atoms with Crippen LogP contribution in [0, 0.1) is 0 Å². The number of anilines is 1. The highest BCUT2D eigenvalue weighted by atomic mass is 32.2. The number of nitrogens with zero attached hydrogens (tertiary/aromatic N) is 5. The van der Waals surface area contributed by atoms with E-state index in [2.05, 4.69) is 50.7 Å². The van der Waals surface area contributed by atoms with Crippen LogP contribution in [0.4, 0.5) is 5.82 Å². The van der Waals surface area contributed by atoms with Crippen molar-refractivity contribution in [2.45, 2.75) is 56.4 Å². The molecule has 0 bridgehead atoms. The number of aryl methyl sites for hydroxylation is 1. The number of hydrogen-bond acceptors (Lipinski definition) is 7. The Bertz CT molecular complexity index is 1560. The predicted octanol–water partition coefficient (Wildman–Crippen LogP) is 6.07. The first-order valence-electron chi connectivity index (χ1n) is 14.9. The lowest BCUT2D eigenvalue weighted by molar-refractivity contribution is 0.231. The monoisotopic (exact) mass is 589 g/mol. The third-order valence-corrected chi connectivity index (χ3v) is 11.2. The number of sulfonamides is 1. The van der Waals surface area contributed by atoms with E-state index >= 15 is 0 Å². The maximum Gasteiger partial charge on any atom is 0.245 e. The van der Waals surface area contributed by atoms with E-state index in [1.165, 1.54) is 23.0 Å². The minimum absolute atomic E-state index is 0.0297. The van der Waals surface area contributed by atoms with Crippen molar-refractivity contribution >= 4 is 38.0 Å². The van der Waals surface area contributed by atoms with Crippen LogP contribution in [0.25, 0.3) is 21.9 Å². The largest absolute Gasteiger partial charge is 0.354 e. The lowest BCUT2D eigenvalue weighted by Crippen LogP contribution is -2.48. The van der Waals surface area contributed by atoms with Crippen LogP contribution >= 0.6 is 11.3 Å². The van der Waals surface area contributed by atoms with Gasteiger partial charge in [0.25, 0.3) is 0 Å². The molecule has 2 aliphatic heterocycles. The predicted molar refractivity (Wildman–Crippen MR) is 168 cm³/mol. The van der Waals surface area contributed by atoms with Gasteiger partial charge in [-0.25, -0.2) is 13.4 Å². The van der Waals surface area contributed by atoms with Gasteiger partial charge < -0.3 is 4.90 Å². The SMILES string of the molecule is CCCCc1cc(-c2ccsc2)cc(N2CCN(CCC3CCCN3S(=O)(=O)c3cncc4ccccc34)CC2)n1. The van der Waals surface area contributed by atoms with Crippen LogP contribution < -0.4 is 4.90 Å². The standard InChI is InChI=1S/C32H39N5O2S2/c1-2-3-8-28-20-27(26-12-19-40-24-26)21-32(34-28)36-17-15-35(16-18-36)14-11-29-9-6-13-37(29)41(38,39)31-23-33-22-25-7-4-5-10-30(25)31/h4-5,7,10,12,19-24,29H,2-3,6,8-9,11,13-18H2,1H3. The molecule has 1 atom stereocenters. The molecule has 2 saturated heterocycles. The van der Waals surface area contributed by atoms with Crippen molar-refractivity contribution in [2.75, 3.05) is 44.2 Å². The van der Waals surface area contributed by atoms with Crippen molar-refractivity contribution < 1.29 is 8.42 Å². The van der Waals surface area contributed by atoms with E-state index < -0.39 is 10.0 Å². The Morgan fingerprint density at radius 2 is 1.85 bits per heavy atom. The minimum atomic E-state index is -3.61. The van der Waals surface area contributed by atoms with Gasteiger partial charge in [-0.2, -0.15) is 15.6 Å². The average Bonchev–Trinajstić information content (AvgIpc) is 3.72. The summed E-state index contributed by atoms with van der Waals surface area (Å²) in [4.78, 5) is 14.5. The van der Waals surface area contributed by atoms with Crippen molar-refractivity contribution in [3.05, 3.63) is 71.3 Å². The Kier molecular flexibility index (Phi) is 8.67. The number of piperazine rings is 1. The number of hydrogen-bond donors (Lipinski definition) is 0. The topological polar surface area (TPSA) is 69.6 Å². The first-order chi connectivity index (χ1) is 20.0. The lowest BCUT2D eigenvalue weighted by atomic mass is 10.1. The molecule has 3 aromatic heterocycles. The van der Waals surface area contributed by atoms with Gasteiger partial charge in [-0.3, -0.25) is 9.88 Å². The molecular formula is C32H39N5O2S2. The third kappa shape index (κ3) is 6.18. The number of fused-ring (bicyclic) bond motifs is 1. The molecule has 0 spiro atoms. The first kappa shape index (κ1) is 28.3. The minimum Gasteiger partial charge on any atom is -0.354 e. The second kappa shape index (κ2) is 12.6. The quantitative estimate of drug-likeness (QED) is 0.224. The Morgan fingerprint density at radius 1 is 1.00 bits per heavy atom. The summed E-state index contributed by atoms with van der Waals surface area (Å²) in [6, 6.07) is 14.3. The summed E-state index contributed by atoms with van der Waals surface area (Å²) in [6.07, 6.45) is 9.24. The molecule has 6 rings (SSSR count). The van der Waals surface area contributed by atoms with E-state index in [1.807, 2.05) is 24.3 Å². The van der Waals surface area contributed by atoms with E-state index in [0.717, 1.165) is 87.8 Å². The highest BCUT2D eigenvalue weighted by Crippen LogP contribution is 2.32. The molecule has 1 aromatic carbocycles. The van der Waals surface area contributed by atoms with E-state index in [-0.39, 0.29) is 6.04 Å². The zero-order valence-electron chi connectivity index (χ0n) is 23.8. The van der Waals surface area contributed by atoms with Gasteiger partial charge in [0.2, 0.25) is 10.0 Å². The summed E-state index contributed by atoms with van der Waals surface area (Å²) >= 11 is 1.73. The number of aromatic nitrogens is 2. The lowest BCUT2D eigenvalue weighted by Gasteiger charge is -2.36. The Morgan fingerprint density at radius 3 is 2.66 bits per heavy atom. The van der Waals surface area contributed by atoms with Crippen molar-refractivity contribution in [1.82, 2.24) is 19.2 Å². The van der Waals surface area contributed by atoms with Gasteiger partial charge in [0.05, 0.1) is 0 Å². The van der Waals surface area contributed by atoms with Crippen LogP contribution in [0.3, 0.4) is 0 Å². The number of benzene rings is 1. The number of pyridine rings is 2. The summed E-state index contributed by atoms with van der Waals surface area (Å²) in [5.41, 5.74) is 3.70. The highest BCUT2D eigenvalue weighted by molar-refractivity contribution is 7.89. The number of rotatable bonds is 10. The van der Waals surface area contributed by atoms with Crippen molar-refractivity contribution in [1.29, 1.82) is 0 Å². The van der Waals surface area contributed by atoms with Gasteiger partial charge >= 0.3 is 0 Å². The summed E-state index contributed by atoms with van der Waals surface area (Å²) < 4.78 is 29.3. The van der Waals surface area contributed by atoms with Gasteiger partial charge in [0.1, 0.15) is 10.7 Å². The zero-order chi connectivity index (χ0) is 28.2. The van der Waals surface area contributed by atoms with Crippen molar-refractivity contribution in [3.63, 3.8) is 0 Å². The average molecular weight is 590 g/mol. The van der Waals surface area contributed by atoms with E-state index in [4.69, 9.17) is 4.98 Å². The summed E-state index contributed by atoms with van der Waals surface area (Å²) in [7, 11) is -3.61. The summed E-state index contributed by atoms with van der Waals surface area (Å²) in [5.74, 6) is 1.08. The van der Waals surface area contributed by atoms with Gasteiger partial charge in [-0.15, -0.1) is 0 Å². The smallest absolute Gasteiger partial charge is 0.245 e. The fourth-order valence-electron chi connectivity index (χ4n) is 6.18. The zero-order valence-corrected chi connectivity index (χ0v) is 25.4. The van der Waals surface area contributed by atoms with Crippen LogP contribution in [-0.4, -0.2) is 72.9 Å². The molecule has 7 nitrogen and oxygen atoms in total. The van der Waals surface area contributed by atoms with Crippen LogP contribution in [0.2, 0.25) is 0 Å². The molecule has 1 unspecified atom stereocenters. The second-order valence-electron chi connectivity index (χ2n) is 11.2. The van der Waals surface area contributed by atoms with Crippen molar-refractivity contribution in [2.24, 2.45) is 0 Å².